The summed E-state index contributed by atoms with van der Waals surface area (Å²) in [7, 11) is -3.75. The Labute approximate surface area is 204 Å². The Hall–Kier alpha value is -2.87. The van der Waals surface area contributed by atoms with Crippen LogP contribution in [0, 0.1) is 20.8 Å². The van der Waals surface area contributed by atoms with Gasteiger partial charge in [0.1, 0.15) is 12.6 Å². The predicted molar refractivity (Wildman–Crippen MR) is 137 cm³/mol. The van der Waals surface area contributed by atoms with Gasteiger partial charge in [-0.25, -0.2) is 8.42 Å². The third-order valence-electron chi connectivity index (χ3n) is 5.91. The van der Waals surface area contributed by atoms with Gasteiger partial charge in [-0.15, -0.1) is 0 Å². The summed E-state index contributed by atoms with van der Waals surface area (Å²) in [6, 6.07) is 12.5. The molecule has 0 heterocycles. The first-order valence-electron chi connectivity index (χ1n) is 11.7. The minimum absolute atomic E-state index is 0.216. The van der Waals surface area contributed by atoms with Gasteiger partial charge in [0.25, 0.3) is 0 Å². The lowest BCUT2D eigenvalue weighted by Gasteiger charge is -2.33. The van der Waals surface area contributed by atoms with E-state index in [0.717, 1.165) is 39.2 Å². The van der Waals surface area contributed by atoms with Crippen LogP contribution in [0.15, 0.2) is 42.5 Å². The number of hydrogen-bond acceptors (Lipinski definition) is 4. The Morgan fingerprint density at radius 3 is 2.06 bits per heavy atom. The summed E-state index contributed by atoms with van der Waals surface area (Å²) < 4.78 is 26.7. The lowest BCUT2D eigenvalue weighted by molar-refractivity contribution is -0.140. The van der Waals surface area contributed by atoms with Crippen LogP contribution in [0.4, 0.5) is 5.69 Å². The van der Waals surface area contributed by atoms with Crippen molar-refractivity contribution in [2.45, 2.75) is 60.0 Å². The van der Waals surface area contributed by atoms with Gasteiger partial charge in [0.2, 0.25) is 21.8 Å². The van der Waals surface area contributed by atoms with E-state index in [4.69, 9.17) is 0 Å². The maximum absolute atomic E-state index is 13.7. The second-order valence-electron chi connectivity index (χ2n) is 8.67. The number of amides is 2. The number of carbonyl (C=O) groups excluding carboxylic acids is 2. The number of sulfonamides is 1. The van der Waals surface area contributed by atoms with E-state index < -0.39 is 22.0 Å². The fourth-order valence-corrected chi connectivity index (χ4v) is 5.00. The van der Waals surface area contributed by atoms with Crippen molar-refractivity contribution in [3.8, 4) is 0 Å². The summed E-state index contributed by atoms with van der Waals surface area (Å²) in [6.07, 6.45) is 2.29. The molecule has 0 aliphatic rings. The average molecular weight is 488 g/mol. The lowest BCUT2D eigenvalue weighted by atomic mass is 10.1. The van der Waals surface area contributed by atoms with Crippen molar-refractivity contribution >= 4 is 27.5 Å². The first-order valence-corrected chi connectivity index (χ1v) is 13.5. The number of hydrogen-bond donors (Lipinski definition) is 1. The second kappa shape index (κ2) is 12.0. The zero-order valence-electron chi connectivity index (χ0n) is 21.1. The third-order valence-corrected chi connectivity index (χ3v) is 7.02. The van der Waals surface area contributed by atoms with Crippen LogP contribution in [0.25, 0.3) is 0 Å². The maximum atomic E-state index is 13.7. The molecule has 1 atom stereocenters. The van der Waals surface area contributed by atoms with Crippen molar-refractivity contribution in [2.75, 3.05) is 23.7 Å². The molecular weight excluding hydrogens is 450 g/mol. The zero-order valence-corrected chi connectivity index (χ0v) is 21.9. The SMILES string of the molecule is CCCNC(=O)[C@@H](CC)N(Cc1ccccc1C)C(=O)CN(c1c(C)cccc1C)S(C)(=O)=O. The summed E-state index contributed by atoms with van der Waals surface area (Å²) in [5.74, 6) is -0.654. The van der Waals surface area contributed by atoms with Gasteiger partial charge in [0.15, 0.2) is 0 Å². The number of nitrogens with zero attached hydrogens (tertiary/aromatic N) is 2. The molecule has 0 aromatic heterocycles. The highest BCUT2D eigenvalue weighted by Gasteiger charge is 2.32. The molecule has 186 valence electrons. The number of benzene rings is 2. The van der Waals surface area contributed by atoms with E-state index in [1.54, 1.807) is 0 Å². The molecule has 0 fully saturated rings. The lowest BCUT2D eigenvalue weighted by Crippen LogP contribution is -2.52. The minimum Gasteiger partial charge on any atom is -0.354 e. The first-order chi connectivity index (χ1) is 16.0. The summed E-state index contributed by atoms with van der Waals surface area (Å²) in [6.45, 7) is 9.77. The highest BCUT2D eigenvalue weighted by molar-refractivity contribution is 7.92. The molecule has 1 N–H and O–H groups in total. The Balaban J connectivity index is 2.50. The molecule has 0 aliphatic carbocycles. The van der Waals surface area contributed by atoms with Gasteiger partial charge in [-0.05, 0) is 55.9 Å². The fraction of sp³-hybridized carbons (Fsp3) is 0.462. The average Bonchev–Trinajstić information content (AvgIpc) is 2.77. The summed E-state index contributed by atoms with van der Waals surface area (Å²) in [5, 5.41) is 2.89. The Bertz CT molecular complexity index is 1090. The van der Waals surface area contributed by atoms with Crippen LogP contribution in [0.2, 0.25) is 0 Å². The van der Waals surface area contributed by atoms with Crippen molar-refractivity contribution in [1.29, 1.82) is 0 Å². The van der Waals surface area contributed by atoms with Crippen molar-refractivity contribution in [1.82, 2.24) is 10.2 Å². The highest BCUT2D eigenvalue weighted by atomic mass is 32.2. The number of carbonyl (C=O) groups is 2. The van der Waals surface area contributed by atoms with Gasteiger partial charge in [0, 0.05) is 13.1 Å². The van der Waals surface area contributed by atoms with Crippen molar-refractivity contribution in [3.05, 3.63) is 64.7 Å². The smallest absolute Gasteiger partial charge is 0.244 e. The molecule has 0 saturated carbocycles. The number of anilines is 1. The van der Waals surface area contributed by atoms with Crippen LogP contribution in [0.1, 0.15) is 48.9 Å². The molecule has 8 heteroatoms. The molecule has 0 aliphatic heterocycles. The molecule has 0 unspecified atom stereocenters. The van der Waals surface area contributed by atoms with E-state index >= 15 is 0 Å². The standard InChI is InChI=1S/C26H37N3O4S/c1-7-16-27-26(31)23(8-2)28(17-22-15-10-9-12-19(22)3)24(30)18-29(34(6,32)33)25-20(4)13-11-14-21(25)5/h9-15,23H,7-8,16-18H2,1-6H3,(H,27,31)/t23-/m1/s1. The van der Waals surface area contributed by atoms with Crippen LogP contribution in [-0.2, 0) is 26.2 Å². The Kier molecular flexibility index (Phi) is 9.67. The van der Waals surface area contributed by atoms with Gasteiger partial charge in [-0.2, -0.15) is 0 Å². The monoisotopic (exact) mass is 487 g/mol. The number of para-hydroxylation sites is 1. The van der Waals surface area contributed by atoms with Crippen molar-refractivity contribution in [3.63, 3.8) is 0 Å². The molecule has 2 rings (SSSR count). The van der Waals surface area contributed by atoms with Crippen LogP contribution in [0.3, 0.4) is 0 Å². The number of nitrogens with one attached hydrogen (secondary N) is 1. The van der Waals surface area contributed by atoms with Crippen LogP contribution < -0.4 is 9.62 Å². The van der Waals surface area contributed by atoms with Crippen LogP contribution in [-0.4, -0.2) is 50.5 Å². The van der Waals surface area contributed by atoms with E-state index in [9.17, 15) is 18.0 Å². The topological polar surface area (TPSA) is 86.8 Å². The molecule has 0 radical (unpaired) electrons. The predicted octanol–water partition coefficient (Wildman–Crippen LogP) is 3.71. The minimum atomic E-state index is -3.75. The fourth-order valence-electron chi connectivity index (χ4n) is 4.03. The molecule has 34 heavy (non-hydrogen) atoms. The Morgan fingerprint density at radius 1 is 0.941 bits per heavy atom. The third kappa shape index (κ3) is 6.82. The molecule has 0 bridgehead atoms. The zero-order chi connectivity index (χ0) is 25.5. The van der Waals surface area contributed by atoms with Gasteiger partial charge in [0.05, 0.1) is 11.9 Å². The van der Waals surface area contributed by atoms with Crippen LogP contribution in [0.5, 0.6) is 0 Å². The van der Waals surface area contributed by atoms with Gasteiger partial charge >= 0.3 is 0 Å². The quantitative estimate of drug-likeness (QED) is 0.523. The van der Waals surface area contributed by atoms with Crippen molar-refractivity contribution < 1.29 is 18.0 Å². The van der Waals surface area contributed by atoms with Gasteiger partial charge < -0.3 is 10.2 Å². The molecule has 0 spiro atoms. The molecule has 7 nitrogen and oxygen atoms in total. The van der Waals surface area contributed by atoms with Gasteiger partial charge in [-0.1, -0.05) is 56.3 Å². The summed E-state index contributed by atoms with van der Waals surface area (Å²) in [5.41, 5.74) is 3.93. The number of rotatable bonds is 11. The second-order valence-corrected chi connectivity index (χ2v) is 10.6. The number of aryl methyl sites for hydroxylation is 3. The highest BCUT2D eigenvalue weighted by Crippen LogP contribution is 2.27. The first kappa shape index (κ1) is 27.4. The molecule has 0 saturated heterocycles. The molecular formula is C26H37N3O4S. The van der Waals surface area contributed by atoms with E-state index in [2.05, 4.69) is 5.32 Å². The van der Waals surface area contributed by atoms with Crippen LogP contribution >= 0.6 is 0 Å². The van der Waals surface area contributed by atoms with E-state index in [1.807, 2.05) is 77.1 Å². The van der Waals surface area contributed by atoms with Crippen molar-refractivity contribution in [2.24, 2.45) is 0 Å². The molecule has 2 aromatic carbocycles. The molecule has 2 aromatic rings. The summed E-state index contributed by atoms with van der Waals surface area (Å²) in [4.78, 5) is 28.2. The van der Waals surface area contributed by atoms with E-state index in [1.165, 1.54) is 4.90 Å². The van der Waals surface area contributed by atoms with Gasteiger partial charge in [-0.3, -0.25) is 13.9 Å². The van der Waals surface area contributed by atoms with E-state index in [-0.39, 0.29) is 19.0 Å². The maximum Gasteiger partial charge on any atom is 0.244 e. The largest absolute Gasteiger partial charge is 0.354 e. The summed E-state index contributed by atoms with van der Waals surface area (Å²) >= 11 is 0. The Morgan fingerprint density at radius 2 is 1.53 bits per heavy atom. The van der Waals surface area contributed by atoms with E-state index in [0.29, 0.717) is 18.7 Å². The normalized spacial score (nSPS) is 12.2. The molecule has 2 amide bonds.